The monoisotopic (exact) mass is 527 g/mol. The zero-order valence-electron chi connectivity index (χ0n) is 22.8. The van der Waals surface area contributed by atoms with Crippen LogP contribution in [0.1, 0.15) is 44.2 Å². The molecule has 1 saturated carbocycles. The highest BCUT2D eigenvalue weighted by atomic mass is 16.5. The molecule has 3 amide bonds. The summed E-state index contributed by atoms with van der Waals surface area (Å²) >= 11 is 0. The van der Waals surface area contributed by atoms with Crippen LogP contribution in [0.5, 0.6) is 0 Å². The second kappa shape index (κ2) is 9.94. The number of fused-ring (bicyclic) bond motifs is 1. The molecule has 0 radical (unpaired) electrons. The molecule has 8 atom stereocenters. The lowest BCUT2D eigenvalue weighted by atomic mass is 9.73. The summed E-state index contributed by atoms with van der Waals surface area (Å²) in [5.41, 5.74) is 1.47. The number of rotatable bonds is 6. The number of ether oxygens (including phenoxy) is 1. The van der Waals surface area contributed by atoms with E-state index in [1.165, 1.54) is 0 Å². The summed E-state index contributed by atoms with van der Waals surface area (Å²) in [6.45, 7) is 6.68. The fraction of sp³-hybridized carbons (Fsp3) is 0.469. The standard InChI is InChI=1S/C32H37N3O4/c1-19-9-7-13-23(17-19)33-29(36)26-25-15-16-32(39-25)27(26)31(38)35(18-22-11-5-4-6-12-22)28(32)30(37)34-24-14-8-10-20(2)21(24)3/h4-7,9,11-13,15-17,20-21,24-28H,8,10,14,18H2,1-3H3,(H,33,36)(H,34,37). The van der Waals surface area contributed by atoms with Crippen molar-refractivity contribution in [1.29, 1.82) is 0 Å². The lowest BCUT2D eigenvalue weighted by molar-refractivity contribution is -0.142. The first-order chi connectivity index (χ1) is 18.8. The van der Waals surface area contributed by atoms with E-state index in [0.717, 1.165) is 30.4 Å². The summed E-state index contributed by atoms with van der Waals surface area (Å²) < 4.78 is 6.49. The van der Waals surface area contributed by atoms with Gasteiger partial charge in [-0.15, -0.1) is 0 Å². The quantitative estimate of drug-likeness (QED) is 0.551. The number of hydrogen-bond donors (Lipinski definition) is 2. The fourth-order valence-corrected chi connectivity index (χ4v) is 7.21. The van der Waals surface area contributed by atoms with E-state index >= 15 is 0 Å². The van der Waals surface area contributed by atoms with Gasteiger partial charge in [0, 0.05) is 18.3 Å². The van der Waals surface area contributed by atoms with Crippen LogP contribution in [0.25, 0.3) is 0 Å². The molecule has 0 aromatic heterocycles. The van der Waals surface area contributed by atoms with Crippen LogP contribution in [-0.4, -0.2) is 46.4 Å². The molecule has 4 aliphatic rings. The molecule has 1 aliphatic carbocycles. The van der Waals surface area contributed by atoms with E-state index in [9.17, 15) is 14.4 Å². The molecule has 2 aromatic rings. The summed E-state index contributed by atoms with van der Waals surface area (Å²) in [5.74, 6) is -1.27. The van der Waals surface area contributed by atoms with Crippen molar-refractivity contribution >= 4 is 23.4 Å². The summed E-state index contributed by atoms with van der Waals surface area (Å²) in [5, 5.41) is 6.31. The maximum atomic E-state index is 14.2. The van der Waals surface area contributed by atoms with Crippen molar-refractivity contribution in [2.75, 3.05) is 5.32 Å². The molecular weight excluding hydrogens is 490 g/mol. The lowest BCUT2D eigenvalue weighted by Gasteiger charge is -2.38. The van der Waals surface area contributed by atoms with E-state index in [1.807, 2.05) is 73.7 Å². The summed E-state index contributed by atoms with van der Waals surface area (Å²) in [7, 11) is 0. The van der Waals surface area contributed by atoms with Gasteiger partial charge in [-0.3, -0.25) is 14.4 Å². The smallest absolute Gasteiger partial charge is 0.246 e. The second-order valence-electron chi connectivity index (χ2n) is 11.9. The van der Waals surface area contributed by atoms with Gasteiger partial charge in [-0.1, -0.05) is 81.3 Å². The van der Waals surface area contributed by atoms with Gasteiger partial charge in [0.1, 0.15) is 11.6 Å². The molecule has 3 aliphatic heterocycles. The van der Waals surface area contributed by atoms with Gasteiger partial charge in [-0.05, 0) is 48.4 Å². The van der Waals surface area contributed by atoms with Gasteiger partial charge in [0.05, 0.1) is 17.9 Å². The zero-order valence-corrected chi connectivity index (χ0v) is 22.8. The number of hydrogen-bond acceptors (Lipinski definition) is 4. The SMILES string of the molecule is Cc1cccc(NC(=O)C2C3C=CC4(O3)C2C(=O)N(Cc2ccccc2)C4C(=O)NC2CCCC(C)C2C)c1. The molecule has 204 valence electrons. The van der Waals surface area contributed by atoms with Crippen LogP contribution in [0, 0.1) is 30.6 Å². The van der Waals surface area contributed by atoms with Crippen molar-refractivity contribution in [3.05, 3.63) is 77.9 Å². The highest BCUT2D eigenvalue weighted by Crippen LogP contribution is 2.55. The number of carbonyl (C=O) groups is 3. The average Bonchev–Trinajstić information content (AvgIpc) is 3.55. The number of likely N-dealkylation sites (tertiary alicyclic amines) is 1. The van der Waals surface area contributed by atoms with Crippen LogP contribution in [0.4, 0.5) is 5.69 Å². The minimum Gasteiger partial charge on any atom is -0.359 e. The first-order valence-corrected chi connectivity index (χ1v) is 14.2. The number of aryl methyl sites for hydroxylation is 1. The van der Waals surface area contributed by atoms with Crippen LogP contribution in [0.15, 0.2) is 66.7 Å². The van der Waals surface area contributed by atoms with Crippen molar-refractivity contribution < 1.29 is 19.1 Å². The summed E-state index contributed by atoms with van der Waals surface area (Å²) in [4.78, 5) is 43.6. The number of nitrogens with one attached hydrogen (secondary N) is 2. The predicted octanol–water partition coefficient (Wildman–Crippen LogP) is 4.23. The van der Waals surface area contributed by atoms with Gasteiger partial charge in [0.15, 0.2) is 0 Å². The molecule has 2 bridgehead atoms. The highest BCUT2D eigenvalue weighted by Gasteiger charge is 2.72. The fourth-order valence-electron chi connectivity index (χ4n) is 7.21. The number of carbonyl (C=O) groups excluding carboxylic acids is 3. The van der Waals surface area contributed by atoms with E-state index in [2.05, 4.69) is 24.5 Å². The molecule has 7 nitrogen and oxygen atoms in total. The van der Waals surface area contributed by atoms with E-state index < -0.39 is 29.6 Å². The van der Waals surface area contributed by atoms with Gasteiger partial charge in [-0.25, -0.2) is 0 Å². The second-order valence-corrected chi connectivity index (χ2v) is 11.9. The number of benzene rings is 2. The Bertz CT molecular complexity index is 1310. The molecular formula is C32H37N3O4. The molecule has 2 aromatic carbocycles. The largest absolute Gasteiger partial charge is 0.359 e. The average molecular weight is 528 g/mol. The van der Waals surface area contributed by atoms with Crippen molar-refractivity contribution in [3.8, 4) is 0 Å². The molecule has 2 saturated heterocycles. The highest BCUT2D eigenvalue weighted by molar-refractivity contribution is 6.02. The van der Waals surface area contributed by atoms with E-state index in [-0.39, 0.29) is 30.3 Å². The van der Waals surface area contributed by atoms with Crippen LogP contribution >= 0.6 is 0 Å². The Hall–Kier alpha value is -3.45. The third-order valence-electron chi connectivity index (χ3n) is 9.44. The summed E-state index contributed by atoms with van der Waals surface area (Å²) in [6.07, 6.45) is 6.34. The molecule has 7 heteroatoms. The number of anilines is 1. The Morgan fingerprint density at radius 1 is 1.05 bits per heavy atom. The molecule has 1 spiro atoms. The minimum absolute atomic E-state index is 0.0494. The van der Waals surface area contributed by atoms with E-state index in [0.29, 0.717) is 17.5 Å². The molecule has 6 rings (SSSR count). The zero-order chi connectivity index (χ0) is 27.3. The van der Waals surface area contributed by atoms with Crippen LogP contribution in [0.3, 0.4) is 0 Å². The topological polar surface area (TPSA) is 87.7 Å². The Labute approximate surface area is 230 Å². The van der Waals surface area contributed by atoms with Crippen LogP contribution in [-0.2, 0) is 25.7 Å². The first kappa shape index (κ1) is 25.8. The normalized spacial score (nSPS) is 34.7. The molecule has 3 heterocycles. The molecule has 3 fully saturated rings. The van der Waals surface area contributed by atoms with Crippen molar-refractivity contribution in [1.82, 2.24) is 10.2 Å². The number of nitrogens with zero attached hydrogens (tertiary/aromatic N) is 1. The maximum absolute atomic E-state index is 14.2. The van der Waals surface area contributed by atoms with Crippen molar-refractivity contribution in [2.45, 2.75) is 70.4 Å². The predicted molar refractivity (Wildman–Crippen MR) is 148 cm³/mol. The van der Waals surface area contributed by atoms with Gasteiger partial charge in [0.25, 0.3) is 0 Å². The first-order valence-electron chi connectivity index (χ1n) is 14.2. The van der Waals surface area contributed by atoms with Crippen molar-refractivity contribution in [3.63, 3.8) is 0 Å². The minimum atomic E-state index is -1.17. The van der Waals surface area contributed by atoms with Gasteiger partial charge in [-0.2, -0.15) is 0 Å². The van der Waals surface area contributed by atoms with Crippen LogP contribution < -0.4 is 10.6 Å². The molecule has 2 N–H and O–H groups in total. The van der Waals surface area contributed by atoms with E-state index in [4.69, 9.17) is 4.74 Å². The maximum Gasteiger partial charge on any atom is 0.246 e. The lowest BCUT2D eigenvalue weighted by Crippen LogP contribution is -2.57. The van der Waals surface area contributed by atoms with Gasteiger partial charge < -0.3 is 20.3 Å². The third kappa shape index (κ3) is 4.37. The van der Waals surface area contributed by atoms with Crippen molar-refractivity contribution in [2.24, 2.45) is 23.7 Å². The molecule has 8 unspecified atom stereocenters. The Kier molecular flexibility index (Phi) is 6.58. The van der Waals surface area contributed by atoms with E-state index in [1.54, 1.807) is 4.90 Å². The Morgan fingerprint density at radius 3 is 2.62 bits per heavy atom. The van der Waals surface area contributed by atoms with Gasteiger partial charge in [0.2, 0.25) is 17.7 Å². The molecule has 39 heavy (non-hydrogen) atoms. The number of amides is 3. The Morgan fingerprint density at radius 2 is 1.85 bits per heavy atom. The Balaban J connectivity index is 1.33. The van der Waals surface area contributed by atoms with Gasteiger partial charge >= 0.3 is 0 Å². The summed E-state index contributed by atoms with van der Waals surface area (Å²) in [6, 6.07) is 16.5. The third-order valence-corrected chi connectivity index (χ3v) is 9.44. The van der Waals surface area contributed by atoms with Crippen LogP contribution in [0.2, 0.25) is 0 Å².